The van der Waals surface area contributed by atoms with E-state index in [4.69, 9.17) is 10.5 Å². The van der Waals surface area contributed by atoms with Gasteiger partial charge in [-0.05, 0) is 6.42 Å². The predicted molar refractivity (Wildman–Crippen MR) is 44.4 cm³/mol. The zero-order chi connectivity index (χ0) is 8.81. The van der Waals surface area contributed by atoms with Gasteiger partial charge in [0.05, 0.1) is 5.69 Å². The molecule has 5 nitrogen and oxygen atoms in total. The lowest BCUT2D eigenvalue weighted by molar-refractivity contribution is 0.188. The molecule has 0 aromatic carbocycles. The molecular weight excluding hydrogens is 156 g/mol. The molecule has 12 heavy (non-hydrogen) atoms. The van der Waals surface area contributed by atoms with Crippen LogP contribution in [0.2, 0.25) is 0 Å². The fraction of sp³-hybridized carbons (Fsp3) is 0.714. The Bertz CT molecular complexity index is 223. The van der Waals surface area contributed by atoms with Gasteiger partial charge in [0.25, 0.3) is 0 Å². The highest BCUT2D eigenvalue weighted by Crippen LogP contribution is 1.92. The third kappa shape index (κ3) is 2.60. The molecule has 1 aromatic rings. The van der Waals surface area contributed by atoms with E-state index >= 15 is 0 Å². The molecule has 2 N–H and O–H groups in total. The number of hydrogen-bond acceptors (Lipinski definition) is 4. The molecular formula is C7H14N4O. The van der Waals surface area contributed by atoms with Gasteiger partial charge in [0.1, 0.15) is 0 Å². The van der Waals surface area contributed by atoms with E-state index in [0.717, 1.165) is 25.3 Å². The fourth-order valence-corrected chi connectivity index (χ4v) is 0.912. The molecule has 0 atom stereocenters. The molecule has 0 amide bonds. The third-order valence-corrected chi connectivity index (χ3v) is 1.53. The SMILES string of the molecule is COCCCn1cc(CN)nn1. The zero-order valence-corrected chi connectivity index (χ0v) is 7.23. The number of aromatic nitrogens is 3. The highest BCUT2D eigenvalue weighted by atomic mass is 16.5. The lowest BCUT2D eigenvalue weighted by atomic mass is 10.4. The molecule has 1 aromatic heterocycles. The Hall–Kier alpha value is -0.940. The van der Waals surface area contributed by atoms with Crippen molar-refractivity contribution in [2.75, 3.05) is 13.7 Å². The van der Waals surface area contributed by atoms with E-state index in [0.29, 0.717) is 6.54 Å². The van der Waals surface area contributed by atoms with E-state index in [1.807, 2.05) is 6.20 Å². The van der Waals surface area contributed by atoms with Crippen LogP contribution in [0.25, 0.3) is 0 Å². The Labute approximate surface area is 71.5 Å². The second-order valence-electron chi connectivity index (χ2n) is 2.52. The number of ether oxygens (including phenoxy) is 1. The molecule has 1 rings (SSSR count). The lowest BCUT2D eigenvalue weighted by Gasteiger charge is -1.97. The summed E-state index contributed by atoms with van der Waals surface area (Å²) in [5.74, 6) is 0. The number of aryl methyl sites for hydroxylation is 1. The largest absolute Gasteiger partial charge is 0.385 e. The van der Waals surface area contributed by atoms with Crippen LogP contribution in [0.5, 0.6) is 0 Å². The molecule has 0 saturated carbocycles. The number of methoxy groups -OCH3 is 1. The first-order chi connectivity index (χ1) is 5.86. The number of nitrogens with zero attached hydrogens (tertiary/aromatic N) is 3. The molecule has 0 spiro atoms. The first-order valence-electron chi connectivity index (χ1n) is 3.95. The van der Waals surface area contributed by atoms with Crippen LogP contribution < -0.4 is 5.73 Å². The summed E-state index contributed by atoms with van der Waals surface area (Å²) in [6.45, 7) is 2.03. The zero-order valence-electron chi connectivity index (χ0n) is 7.23. The Balaban J connectivity index is 2.31. The topological polar surface area (TPSA) is 66.0 Å². The van der Waals surface area contributed by atoms with Crippen LogP contribution >= 0.6 is 0 Å². The quantitative estimate of drug-likeness (QED) is 0.620. The summed E-state index contributed by atoms with van der Waals surface area (Å²) in [6.07, 6.45) is 2.81. The fourth-order valence-electron chi connectivity index (χ4n) is 0.912. The number of rotatable bonds is 5. The van der Waals surface area contributed by atoms with Gasteiger partial charge < -0.3 is 10.5 Å². The first-order valence-corrected chi connectivity index (χ1v) is 3.95. The Morgan fingerprint density at radius 1 is 1.67 bits per heavy atom. The second-order valence-corrected chi connectivity index (χ2v) is 2.52. The second kappa shape index (κ2) is 4.84. The highest BCUT2D eigenvalue weighted by Gasteiger charge is 1.96. The van der Waals surface area contributed by atoms with Gasteiger partial charge in [-0.15, -0.1) is 5.10 Å². The summed E-state index contributed by atoms with van der Waals surface area (Å²) in [5, 5.41) is 7.75. The van der Waals surface area contributed by atoms with Crippen molar-refractivity contribution in [2.45, 2.75) is 19.5 Å². The summed E-state index contributed by atoms with van der Waals surface area (Å²) in [7, 11) is 1.69. The van der Waals surface area contributed by atoms with E-state index in [1.165, 1.54) is 0 Å². The Morgan fingerprint density at radius 3 is 3.08 bits per heavy atom. The van der Waals surface area contributed by atoms with Gasteiger partial charge >= 0.3 is 0 Å². The van der Waals surface area contributed by atoms with Crippen LogP contribution in [0.4, 0.5) is 0 Å². The van der Waals surface area contributed by atoms with Crippen molar-refractivity contribution in [3.8, 4) is 0 Å². The number of nitrogens with two attached hydrogens (primary N) is 1. The van der Waals surface area contributed by atoms with Crippen molar-refractivity contribution >= 4 is 0 Å². The molecule has 0 aliphatic carbocycles. The summed E-state index contributed by atoms with van der Waals surface area (Å²) in [4.78, 5) is 0. The minimum Gasteiger partial charge on any atom is -0.385 e. The molecule has 5 heteroatoms. The maximum absolute atomic E-state index is 5.38. The van der Waals surface area contributed by atoms with Crippen molar-refractivity contribution in [1.82, 2.24) is 15.0 Å². The van der Waals surface area contributed by atoms with Crippen LogP contribution in [0.3, 0.4) is 0 Å². The van der Waals surface area contributed by atoms with Gasteiger partial charge in [-0.2, -0.15) is 0 Å². The van der Waals surface area contributed by atoms with Crippen molar-refractivity contribution in [2.24, 2.45) is 5.73 Å². The monoisotopic (exact) mass is 170 g/mol. The molecule has 0 unspecified atom stereocenters. The first kappa shape index (κ1) is 9.15. The van der Waals surface area contributed by atoms with E-state index in [1.54, 1.807) is 11.8 Å². The predicted octanol–water partition coefficient (Wildman–Crippen LogP) is -0.227. The minimum absolute atomic E-state index is 0.449. The van der Waals surface area contributed by atoms with E-state index in [2.05, 4.69) is 10.3 Å². The molecule has 0 radical (unpaired) electrons. The van der Waals surface area contributed by atoms with Gasteiger partial charge in [0.15, 0.2) is 0 Å². The van der Waals surface area contributed by atoms with Gasteiger partial charge in [-0.3, -0.25) is 4.68 Å². The standard InChI is InChI=1S/C7H14N4O/c1-12-4-2-3-11-6-7(5-8)9-10-11/h6H,2-5,8H2,1H3. The van der Waals surface area contributed by atoms with Crippen LogP contribution in [-0.4, -0.2) is 28.7 Å². The summed E-state index contributed by atoms with van der Waals surface area (Å²) >= 11 is 0. The molecule has 0 fully saturated rings. The molecule has 0 saturated heterocycles. The van der Waals surface area contributed by atoms with Crippen molar-refractivity contribution in [1.29, 1.82) is 0 Å². The summed E-state index contributed by atoms with van der Waals surface area (Å²) < 4.78 is 6.69. The van der Waals surface area contributed by atoms with Crippen LogP contribution in [0, 0.1) is 0 Å². The van der Waals surface area contributed by atoms with Crippen molar-refractivity contribution in [3.05, 3.63) is 11.9 Å². The molecule has 0 aliphatic rings. The van der Waals surface area contributed by atoms with Gasteiger partial charge in [0, 0.05) is 33.0 Å². The summed E-state index contributed by atoms with van der Waals surface area (Å²) in [5.41, 5.74) is 6.20. The molecule has 0 aliphatic heterocycles. The Kier molecular flexibility index (Phi) is 3.69. The van der Waals surface area contributed by atoms with Crippen LogP contribution in [-0.2, 0) is 17.8 Å². The van der Waals surface area contributed by atoms with E-state index in [-0.39, 0.29) is 0 Å². The van der Waals surface area contributed by atoms with Crippen LogP contribution in [0.1, 0.15) is 12.1 Å². The lowest BCUT2D eigenvalue weighted by Crippen LogP contribution is -2.01. The molecule has 0 bridgehead atoms. The normalized spacial score (nSPS) is 10.5. The highest BCUT2D eigenvalue weighted by molar-refractivity contribution is 4.90. The molecule has 68 valence electrons. The number of hydrogen-bond donors (Lipinski definition) is 1. The maximum Gasteiger partial charge on any atom is 0.0962 e. The van der Waals surface area contributed by atoms with Gasteiger partial charge in [-0.25, -0.2) is 0 Å². The maximum atomic E-state index is 5.38. The Morgan fingerprint density at radius 2 is 2.50 bits per heavy atom. The van der Waals surface area contributed by atoms with Crippen molar-refractivity contribution < 1.29 is 4.74 Å². The van der Waals surface area contributed by atoms with Gasteiger partial charge in [-0.1, -0.05) is 5.21 Å². The average Bonchev–Trinajstić information content (AvgIpc) is 2.53. The minimum atomic E-state index is 0.449. The summed E-state index contributed by atoms with van der Waals surface area (Å²) in [6, 6.07) is 0. The van der Waals surface area contributed by atoms with Crippen LogP contribution in [0.15, 0.2) is 6.20 Å². The van der Waals surface area contributed by atoms with Crippen molar-refractivity contribution in [3.63, 3.8) is 0 Å². The average molecular weight is 170 g/mol. The smallest absolute Gasteiger partial charge is 0.0962 e. The van der Waals surface area contributed by atoms with E-state index < -0.39 is 0 Å². The third-order valence-electron chi connectivity index (χ3n) is 1.53. The van der Waals surface area contributed by atoms with E-state index in [9.17, 15) is 0 Å². The van der Waals surface area contributed by atoms with Gasteiger partial charge in [0.2, 0.25) is 0 Å². The molecule has 1 heterocycles.